The van der Waals surface area contributed by atoms with Crippen LogP contribution >= 0.6 is 0 Å². The SMILES string of the molecule is Cc1ccc(CN(C)C(=O)[C@@H](C)O)nc1. The Morgan fingerprint density at radius 2 is 2.27 bits per heavy atom. The number of hydrogen-bond donors (Lipinski definition) is 1. The summed E-state index contributed by atoms with van der Waals surface area (Å²) in [5.74, 6) is -0.294. The van der Waals surface area contributed by atoms with Gasteiger partial charge in [-0.1, -0.05) is 6.07 Å². The van der Waals surface area contributed by atoms with Gasteiger partial charge in [0.05, 0.1) is 12.2 Å². The van der Waals surface area contributed by atoms with E-state index < -0.39 is 6.10 Å². The molecular formula is C11H16N2O2. The second-order valence-corrected chi connectivity index (χ2v) is 3.70. The van der Waals surface area contributed by atoms with E-state index in [9.17, 15) is 4.79 Å². The second kappa shape index (κ2) is 4.89. The van der Waals surface area contributed by atoms with Crippen LogP contribution in [0.4, 0.5) is 0 Å². The Kier molecular flexibility index (Phi) is 3.80. The van der Waals surface area contributed by atoms with E-state index in [1.165, 1.54) is 11.8 Å². The van der Waals surface area contributed by atoms with Gasteiger partial charge in [-0.3, -0.25) is 9.78 Å². The van der Waals surface area contributed by atoms with Crippen LogP contribution in [0.25, 0.3) is 0 Å². The van der Waals surface area contributed by atoms with Gasteiger partial charge in [0, 0.05) is 13.2 Å². The summed E-state index contributed by atoms with van der Waals surface area (Å²) in [7, 11) is 1.65. The lowest BCUT2D eigenvalue weighted by molar-refractivity contribution is -0.138. The molecule has 0 aliphatic carbocycles. The number of aromatic nitrogens is 1. The molecule has 4 heteroatoms. The van der Waals surface area contributed by atoms with Crippen LogP contribution in [0.2, 0.25) is 0 Å². The minimum absolute atomic E-state index is 0.294. The van der Waals surface area contributed by atoms with Crippen LogP contribution in [0.5, 0.6) is 0 Å². The van der Waals surface area contributed by atoms with Crippen LogP contribution in [0.1, 0.15) is 18.2 Å². The fraction of sp³-hybridized carbons (Fsp3) is 0.455. The Balaban J connectivity index is 2.62. The molecule has 15 heavy (non-hydrogen) atoms. The summed E-state index contributed by atoms with van der Waals surface area (Å²) in [5.41, 5.74) is 1.90. The van der Waals surface area contributed by atoms with Gasteiger partial charge in [0.1, 0.15) is 6.10 Å². The predicted molar refractivity (Wildman–Crippen MR) is 57.1 cm³/mol. The molecule has 0 radical (unpaired) electrons. The standard InChI is InChI=1S/C11H16N2O2/c1-8-4-5-10(12-6-8)7-13(3)11(15)9(2)14/h4-6,9,14H,7H2,1-3H3/t9-/m1/s1. The van der Waals surface area contributed by atoms with Crippen molar-refractivity contribution >= 4 is 5.91 Å². The number of carbonyl (C=O) groups excluding carboxylic acids is 1. The predicted octanol–water partition coefficient (Wildman–Crippen LogP) is 0.729. The first-order valence-corrected chi connectivity index (χ1v) is 4.85. The highest BCUT2D eigenvalue weighted by atomic mass is 16.3. The van der Waals surface area contributed by atoms with Gasteiger partial charge in [0.2, 0.25) is 0 Å². The van der Waals surface area contributed by atoms with Gasteiger partial charge in [0.25, 0.3) is 5.91 Å². The van der Waals surface area contributed by atoms with Gasteiger partial charge in [-0.15, -0.1) is 0 Å². The fourth-order valence-corrected chi connectivity index (χ4v) is 1.23. The quantitative estimate of drug-likeness (QED) is 0.796. The maximum Gasteiger partial charge on any atom is 0.251 e. The molecule has 0 bridgehead atoms. The van der Waals surface area contributed by atoms with Crippen molar-refractivity contribution in [1.29, 1.82) is 0 Å². The number of hydrogen-bond acceptors (Lipinski definition) is 3. The monoisotopic (exact) mass is 208 g/mol. The minimum atomic E-state index is -0.958. The van der Waals surface area contributed by atoms with Crippen molar-refractivity contribution in [3.8, 4) is 0 Å². The molecule has 0 aliphatic rings. The van der Waals surface area contributed by atoms with E-state index in [-0.39, 0.29) is 5.91 Å². The first kappa shape index (κ1) is 11.7. The number of nitrogens with zero attached hydrogens (tertiary/aromatic N) is 2. The largest absolute Gasteiger partial charge is 0.384 e. The molecule has 1 rings (SSSR count). The highest BCUT2D eigenvalue weighted by Crippen LogP contribution is 2.03. The Morgan fingerprint density at radius 3 is 2.73 bits per heavy atom. The third-order valence-corrected chi connectivity index (χ3v) is 2.11. The van der Waals surface area contributed by atoms with Crippen molar-refractivity contribution < 1.29 is 9.90 Å². The molecule has 1 N–H and O–H groups in total. The van der Waals surface area contributed by atoms with Gasteiger partial charge in [-0.25, -0.2) is 0 Å². The lowest BCUT2D eigenvalue weighted by atomic mass is 10.2. The number of likely N-dealkylation sites (N-methyl/N-ethyl adjacent to an activating group) is 1. The summed E-state index contributed by atoms with van der Waals surface area (Å²) in [6.07, 6.45) is 0.802. The molecule has 1 heterocycles. The van der Waals surface area contributed by atoms with Crippen LogP contribution in [-0.4, -0.2) is 34.0 Å². The molecule has 1 amide bonds. The molecule has 4 nitrogen and oxygen atoms in total. The first-order valence-electron chi connectivity index (χ1n) is 4.85. The molecule has 0 aromatic carbocycles. The fourth-order valence-electron chi connectivity index (χ4n) is 1.23. The van der Waals surface area contributed by atoms with Gasteiger partial charge in [-0.05, 0) is 25.5 Å². The van der Waals surface area contributed by atoms with Crippen molar-refractivity contribution in [3.05, 3.63) is 29.6 Å². The molecule has 0 fully saturated rings. The van der Waals surface area contributed by atoms with E-state index in [0.29, 0.717) is 6.54 Å². The van der Waals surface area contributed by atoms with Crippen molar-refractivity contribution in [3.63, 3.8) is 0 Å². The normalized spacial score (nSPS) is 12.3. The van der Waals surface area contributed by atoms with Crippen molar-refractivity contribution in [2.24, 2.45) is 0 Å². The molecule has 0 aliphatic heterocycles. The van der Waals surface area contributed by atoms with Crippen LogP contribution in [-0.2, 0) is 11.3 Å². The molecule has 1 atom stereocenters. The topological polar surface area (TPSA) is 53.4 Å². The summed E-state index contributed by atoms with van der Waals surface area (Å²) in [5, 5.41) is 9.10. The van der Waals surface area contributed by atoms with E-state index in [1.807, 2.05) is 19.1 Å². The molecule has 0 spiro atoms. The van der Waals surface area contributed by atoms with Crippen LogP contribution in [0, 0.1) is 6.92 Å². The average molecular weight is 208 g/mol. The highest BCUT2D eigenvalue weighted by molar-refractivity contribution is 5.79. The molecule has 0 saturated carbocycles. The Bertz CT molecular complexity index is 333. The first-order chi connectivity index (χ1) is 7.00. The highest BCUT2D eigenvalue weighted by Gasteiger charge is 2.14. The summed E-state index contributed by atoms with van der Waals surface area (Å²) in [6, 6.07) is 3.82. The number of pyridine rings is 1. The Morgan fingerprint density at radius 1 is 1.60 bits per heavy atom. The number of amides is 1. The lowest BCUT2D eigenvalue weighted by Crippen LogP contribution is -2.34. The molecule has 0 saturated heterocycles. The number of rotatable bonds is 3. The molecule has 1 aromatic heterocycles. The van der Waals surface area contributed by atoms with Gasteiger partial charge in [-0.2, -0.15) is 0 Å². The van der Waals surface area contributed by atoms with E-state index in [0.717, 1.165) is 11.3 Å². The minimum Gasteiger partial charge on any atom is -0.384 e. The smallest absolute Gasteiger partial charge is 0.251 e. The zero-order chi connectivity index (χ0) is 11.4. The van der Waals surface area contributed by atoms with E-state index in [1.54, 1.807) is 13.2 Å². The second-order valence-electron chi connectivity index (χ2n) is 3.70. The Hall–Kier alpha value is -1.42. The molecule has 0 unspecified atom stereocenters. The average Bonchev–Trinajstić information content (AvgIpc) is 2.20. The van der Waals surface area contributed by atoms with E-state index >= 15 is 0 Å². The Labute approximate surface area is 89.6 Å². The maximum atomic E-state index is 11.4. The third-order valence-electron chi connectivity index (χ3n) is 2.11. The number of aliphatic hydroxyl groups excluding tert-OH is 1. The summed E-state index contributed by atoms with van der Waals surface area (Å²) >= 11 is 0. The van der Waals surface area contributed by atoms with Crippen LogP contribution < -0.4 is 0 Å². The zero-order valence-corrected chi connectivity index (χ0v) is 9.27. The lowest BCUT2D eigenvalue weighted by Gasteiger charge is -2.18. The maximum absolute atomic E-state index is 11.4. The number of aliphatic hydroxyl groups is 1. The van der Waals surface area contributed by atoms with Crippen LogP contribution in [0.3, 0.4) is 0 Å². The summed E-state index contributed by atoms with van der Waals surface area (Å²) < 4.78 is 0. The van der Waals surface area contributed by atoms with Gasteiger partial charge in [0.15, 0.2) is 0 Å². The van der Waals surface area contributed by atoms with Crippen molar-refractivity contribution in [2.75, 3.05) is 7.05 Å². The summed E-state index contributed by atoms with van der Waals surface area (Å²) in [6.45, 7) is 3.84. The van der Waals surface area contributed by atoms with E-state index in [2.05, 4.69) is 4.98 Å². The van der Waals surface area contributed by atoms with Crippen molar-refractivity contribution in [1.82, 2.24) is 9.88 Å². The van der Waals surface area contributed by atoms with Gasteiger partial charge < -0.3 is 10.0 Å². The number of carbonyl (C=O) groups is 1. The van der Waals surface area contributed by atoms with E-state index in [4.69, 9.17) is 5.11 Å². The van der Waals surface area contributed by atoms with Gasteiger partial charge >= 0.3 is 0 Å². The number of aryl methyl sites for hydroxylation is 1. The molecule has 82 valence electrons. The molecule has 1 aromatic rings. The summed E-state index contributed by atoms with van der Waals surface area (Å²) in [4.78, 5) is 17.0. The van der Waals surface area contributed by atoms with Crippen LogP contribution in [0.15, 0.2) is 18.3 Å². The van der Waals surface area contributed by atoms with Crippen molar-refractivity contribution in [2.45, 2.75) is 26.5 Å². The third kappa shape index (κ3) is 3.32. The zero-order valence-electron chi connectivity index (χ0n) is 9.27. The molecular weight excluding hydrogens is 192 g/mol.